The summed E-state index contributed by atoms with van der Waals surface area (Å²) in [4.78, 5) is 16.3. The number of fused-ring (bicyclic) bond motifs is 1. The van der Waals surface area contributed by atoms with Gasteiger partial charge in [0.2, 0.25) is 0 Å². The van der Waals surface area contributed by atoms with Crippen LogP contribution in [0.15, 0.2) is 6.33 Å². The fourth-order valence-electron chi connectivity index (χ4n) is 1.69. The van der Waals surface area contributed by atoms with E-state index in [-0.39, 0.29) is 38.7 Å². The Morgan fingerprint density at radius 1 is 1.32 bits per heavy atom. The third kappa shape index (κ3) is 4.67. The van der Waals surface area contributed by atoms with Crippen LogP contribution in [0.2, 0.25) is 0 Å². The van der Waals surface area contributed by atoms with Crippen molar-refractivity contribution in [2.75, 3.05) is 45.3 Å². The molecule has 8 heteroatoms. The fraction of sp³-hybridized carbons (Fsp3) is 0.545. The zero-order valence-corrected chi connectivity index (χ0v) is 14.4. The van der Waals surface area contributed by atoms with Crippen molar-refractivity contribution in [3.63, 3.8) is 0 Å². The third-order valence-electron chi connectivity index (χ3n) is 2.55. The van der Waals surface area contributed by atoms with Crippen molar-refractivity contribution < 1.29 is 37.2 Å². The van der Waals surface area contributed by atoms with E-state index < -0.39 is 0 Å². The van der Waals surface area contributed by atoms with Gasteiger partial charge in [0.15, 0.2) is 0 Å². The molecule has 2 aromatic heterocycles. The number of nitrogens with two attached hydrogens (primary N) is 1. The van der Waals surface area contributed by atoms with E-state index in [1.54, 1.807) is 0 Å². The predicted octanol–water partition coefficient (Wildman–Crippen LogP) is 0.0699. The van der Waals surface area contributed by atoms with Gasteiger partial charge in [-0.15, -0.1) is 0 Å². The van der Waals surface area contributed by atoms with Gasteiger partial charge in [0, 0.05) is 56.8 Å². The van der Waals surface area contributed by atoms with Crippen LogP contribution < -0.4 is 16.0 Å². The minimum atomic E-state index is 0. The molecule has 0 spiro atoms. The molecule has 0 fully saturated rings. The van der Waals surface area contributed by atoms with E-state index in [0.29, 0.717) is 17.0 Å². The van der Waals surface area contributed by atoms with E-state index in [1.807, 2.05) is 0 Å². The Hall–Kier alpha value is -0.786. The Morgan fingerprint density at radius 3 is 2.74 bits per heavy atom. The van der Waals surface area contributed by atoms with E-state index >= 15 is 0 Å². The van der Waals surface area contributed by atoms with E-state index in [4.69, 9.17) is 5.73 Å². The number of nitrogens with zero attached hydrogens (tertiary/aromatic N) is 5. The Kier molecular flexibility index (Phi) is 5.64. The molecular weight excluding hydrogens is 319 g/mol. The first-order valence-corrected chi connectivity index (χ1v) is 5.91. The number of rotatable bonds is 5. The molecule has 0 unspecified atom stereocenters. The Morgan fingerprint density at radius 2 is 2.05 bits per heavy atom. The minimum absolute atomic E-state index is 0. The fourth-order valence-corrected chi connectivity index (χ4v) is 1.69. The van der Waals surface area contributed by atoms with Gasteiger partial charge in [0.25, 0.3) is 0 Å². The molecule has 2 heterocycles. The first kappa shape index (κ1) is 16.3. The molecule has 7 nitrogen and oxygen atoms in total. The van der Waals surface area contributed by atoms with Gasteiger partial charge in [-0.3, -0.25) is 0 Å². The summed E-state index contributed by atoms with van der Waals surface area (Å²) in [6.07, 6.45) is 2.51. The molecule has 0 atom stereocenters. The number of hydrogen-bond acceptors (Lipinski definition) is 5. The number of imidazole rings is 1. The molecule has 0 aromatic carbocycles. The molecule has 0 saturated carbocycles. The number of hydrogen-bond donors (Lipinski definition) is 2. The molecule has 0 saturated heterocycles. The van der Waals surface area contributed by atoms with Crippen LogP contribution in [0.3, 0.4) is 0 Å². The monoisotopic (exact) mass is 338 g/mol. The van der Waals surface area contributed by atoms with Gasteiger partial charge in [0.05, 0.1) is 27.7 Å². The van der Waals surface area contributed by atoms with Crippen molar-refractivity contribution in [2.45, 2.75) is 6.42 Å². The number of quaternary nitrogens is 1. The molecule has 2 rings (SSSR count). The number of aromatic nitrogens is 4. The van der Waals surface area contributed by atoms with Crippen molar-refractivity contribution in [1.82, 2.24) is 19.9 Å². The largest absolute Gasteiger partial charge is 0.381 e. The van der Waals surface area contributed by atoms with Crippen LogP contribution in [-0.4, -0.2) is 53.7 Å². The van der Waals surface area contributed by atoms with Gasteiger partial charge in [-0.1, -0.05) is 0 Å². The molecule has 0 aliphatic rings. The molecule has 0 amide bonds. The van der Waals surface area contributed by atoms with Gasteiger partial charge < -0.3 is 30.5 Å². The molecular formula is C11H19N7Y. The summed E-state index contributed by atoms with van der Waals surface area (Å²) in [7, 11) is 6.51. The van der Waals surface area contributed by atoms with Gasteiger partial charge in [-0.25, -0.2) is 4.98 Å². The summed E-state index contributed by atoms with van der Waals surface area (Å²) in [6.45, 7) is 1.91. The van der Waals surface area contributed by atoms with Crippen LogP contribution in [0, 0.1) is 0 Å². The summed E-state index contributed by atoms with van der Waals surface area (Å²) >= 11 is 0. The van der Waals surface area contributed by atoms with Gasteiger partial charge >= 0.3 is 0 Å². The molecule has 101 valence electrons. The Balaban J connectivity index is 0.00000180. The first-order chi connectivity index (χ1) is 8.46. The smallest absolute Gasteiger partial charge is 0.150 e. The van der Waals surface area contributed by atoms with Crippen LogP contribution in [-0.2, 0) is 32.7 Å². The molecule has 0 aliphatic carbocycles. The maximum Gasteiger partial charge on any atom is 0.150 e. The predicted molar refractivity (Wildman–Crippen MR) is 71.1 cm³/mol. The second-order valence-electron chi connectivity index (χ2n) is 5.27. The average molecular weight is 338 g/mol. The van der Waals surface area contributed by atoms with Crippen LogP contribution in [0.5, 0.6) is 0 Å². The second kappa shape index (κ2) is 6.59. The normalized spacial score (nSPS) is 11.3. The summed E-state index contributed by atoms with van der Waals surface area (Å²) < 4.78 is 0.944. The van der Waals surface area contributed by atoms with Crippen LogP contribution in [0.4, 0.5) is 11.8 Å². The second-order valence-corrected chi connectivity index (χ2v) is 5.27. The molecule has 0 bridgehead atoms. The molecule has 1 radical (unpaired) electrons. The van der Waals surface area contributed by atoms with Crippen molar-refractivity contribution in [3.8, 4) is 0 Å². The molecule has 2 aromatic rings. The third-order valence-corrected chi connectivity index (χ3v) is 2.55. The zero-order chi connectivity index (χ0) is 13.2. The summed E-state index contributed by atoms with van der Waals surface area (Å²) in [5.41, 5.74) is 6.84. The maximum absolute atomic E-state index is 5.62. The number of nitrogens with one attached hydrogen (secondary N) is 1. The van der Waals surface area contributed by atoms with Crippen molar-refractivity contribution in [2.24, 2.45) is 0 Å². The summed E-state index contributed by atoms with van der Waals surface area (Å²) in [5, 5.41) is 3.24. The van der Waals surface area contributed by atoms with Crippen LogP contribution in [0.1, 0.15) is 6.42 Å². The summed E-state index contributed by atoms with van der Waals surface area (Å²) in [6, 6.07) is 0. The van der Waals surface area contributed by atoms with Crippen LogP contribution in [0.25, 0.3) is 11.2 Å². The van der Waals surface area contributed by atoms with Gasteiger partial charge in [0.1, 0.15) is 11.8 Å². The van der Waals surface area contributed by atoms with Crippen molar-refractivity contribution in [3.05, 3.63) is 6.33 Å². The molecule has 19 heavy (non-hydrogen) atoms. The van der Waals surface area contributed by atoms with Crippen molar-refractivity contribution >= 4 is 22.9 Å². The number of anilines is 2. The van der Waals surface area contributed by atoms with E-state index in [2.05, 4.69) is 46.4 Å². The number of nitrogen functional groups attached to an aromatic ring is 1. The Bertz CT molecular complexity index is 531. The standard InChI is InChI=1S/C11H19N7.Y/c1-18(2,3)6-4-5-13-9-8-10(15-7-14-8)17-11(12)16-9;/h7H,4-6H2,1-3H3,(H3-,12,13,14,15,16,17);. The quantitative estimate of drug-likeness (QED) is 0.592. The average Bonchev–Trinajstić information content (AvgIpc) is 2.70. The summed E-state index contributed by atoms with van der Waals surface area (Å²) in [5.74, 6) is 0.883. The molecule has 0 aliphatic heterocycles. The SMILES string of the molecule is C[N+](C)(C)CCCNc1nc(N)nc2[n-]cnc12.[Y]. The van der Waals surface area contributed by atoms with Crippen LogP contribution >= 0.6 is 0 Å². The van der Waals surface area contributed by atoms with E-state index in [1.165, 1.54) is 6.33 Å². The maximum atomic E-state index is 5.62. The van der Waals surface area contributed by atoms with E-state index in [0.717, 1.165) is 24.0 Å². The Labute approximate surface area is 137 Å². The minimum Gasteiger partial charge on any atom is -0.381 e. The zero-order valence-electron chi connectivity index (χ0n) is 11.6. The van der Waals surface area contributed by atoms with Gasteiger partial charge in [-0.2, -0.15) is 0 Å². The topological polar surface area (TPSA) is 90.8 Å². The first-order valence-electron chi connectivity index (χ1n) is 5.91. The van der Waals surface area contributed by atoms with Gasteiger partial charge in [-0.05, 0) is 6.33 Å². The van der Waals surface area contributed by atoms with E-state index in [9.17, 15) is 0 Å². The molecule has 3 N–H and O–H groups in total. The van der Waals surface area contributed by atoms with Crippen molar-refractivity contribution in [1.29, 1.82) is 0 Å².